The monoisotopic (exact) mass is 240 g/mol. The van der Waals surface area contributed by atoms with Crippen LogP contribution < -0.4 is 5.32 Å². The van der Waals surface area contributed by atoms with Crippen molar-refractivity contribution < 1.29 is 14.7 Å². The van der Waals surface area contributed by atoms with Gasteiger partial charge in [0.15, 0.2) is 0 Å². The Balaban J connectivity index is 1.97. The predicted octanol–water partition coefficient (Wildman–Crippen LogP) is 0.308. The normalized spacial score (nSPS) is 33.7. The molecule has 0 aromatic carbocycles. The first-order chi connectivity index (χ1) is 8.09. The van der Waals surface area contributed by atoms with E-state index in [0.29, 0.717) is 25.4 Å². The Bertz CT molecular complexity index is 319. The molecule has 3 atom stereocenters. The smallest absolute Gasteiger partial charge is 0.308 e. The summed E-state index contributed by atoms with van der Waals surface area (Å²) in [6.45, 7) is 4.03. The summed E-state index contributed by atoms with van der Waals surface area (Å²) in [4.78, 5) is 24.9. The van der Waals surface area contributed by atoms with Gasteiger partial charge in [0.2, 0.25) is 5.91 Å². The molecule has 5 heteroatoms. The summed E-state index contributed by atoms with van der Waals surface area (Å²) in [6, 6.07) is -0.109. The second-order valence-electron chi connectivity index (χ2n) is 5.16. The number of piperidine rings is 1. The maximum atomic E-state index is 12.2. The number of nitrogens with zero attached hydrogens (tertiary/aromatic N) is 1. The molecule has 2 heterocycles. The van der Waals surface area contributed by atoms with Gasteiger partial charge in [0.25, 0.3) is 0 Å². The number of carboxylic acid groups (broad SMARTS) is 1. The van der Waals surface area contributed by atoms with E-state index in [4.69, 9.17) is 5.11 Å². The van der Waals surface area contributed by atoms with E-state index >= 15 is 0 Å². The van der Waals surface area contributed by atoms with Gasteiger partial charge in [0.05, 0.1) is 12.0 Å². The highest BCUT2D eigenvalue weighted by Gasteiger charge is 2.35. The summed E-state index contributed by atoms with van der Waals surface area (Å²) in [5, 5.41) is 12.2. The molecule has 0 aromatic rings. The average molecular weight is 240 g/mol. The number of hydrogen-bond acceptors (Lipinski definition) is 3. The Labute approximate surface area is 101 Å². The standard InChI is InChI=1S/C12H20N2O3/c1-8-4-5-13-10(8)11(15)14-6-2-3-9(7-14)12(16)17/h8-10,13H,2-7H2,1H3,(H,16,17). The Morgan fingerprint density at radius 1 is 1.35 bits per heavy atom. The van der Waals surface area contributed by atoms with Crippen molar-refractivity contribution in [1.29, 1.82) is 0 Å². The van der Waals surface area contributed by atoms with Crippen LogP contribution in [0.3, 0.4) is 0 Å². The minimum absolute atomic E-state index is 0.0842. The first-order valence-electron chi connectivity index (χ1n) is 6.34. The first kappa shape index (κ1) is 12.4. The number of nitrogens with one attached hydrogen (secondary N) is 1. The van der Waals surface area contributed by atoms with Gasteiger partial charge in [-0.3, -0.25) is 9.59 Å². The fourth-order valence-corrected chi connectivity index (χ4v) is 2.74. The third-order valence-corrected chi connectivity index (χ3v) is 3.88. The molecule has 3 unspecified atom stereocenters. The van der Waals surface area contributed by atoms with Gasteiger partial charge in [-0.2, -0.15) is 0 Å². The van der Waals surface area contributed by atoms with E-state index < -0.39 is 5.97 Å². The maximum absolute atomic E-state index is 12.2. The van der Waals surface area contributed by atoms with Crippen molar-refractivity contribution in [2.24, 2.45) is 11.8 Å². The van der Waals surface area contributed by atoms with Crippen LogP contribution in [0, 0.1) is 11.8 Å². The van der Waals surface area contributed by atoms with E-state index in [9.17, 15) is 9.59 Å². The summed E-state index contributed by atoms with van der Waals surface area (Å²) in [6.07, 6.45) is 2.50. The van der Waals surface area contributed by atoms with Crippen LogP contribution in [0.1, 0.15) is 26.2 Å². The number of likely N-dealkylation sites (tertiary alicyclic amines) is 1. The summed E-state index contributed by atoms with van der Waals surface area (Å²) in [7, 11) is 0. The topological polar surface area (TPSA) is 69.6 Å². The van der Waals surface area contributed by atoms with Crippen LogP contribution in [0.2, 0.25) is 0 Å². The second-order valence-corrected chi connectivity index (χ2v) is 5.16. The molecular weight excluding hydrogens is 220 g/mol. The Kier molecular flexibility index (Phi) is 3.66. The number of hydrogen-bond donors (Lipinski definition) is 2. The summed E-state index contributed by atoms with van der Waals surface area (Å²) in [5.74, 6) is -0.729. The van der Waals surface area contributed by atoms with Gasteiger partial charge in [-0.25, -0.2) is 0 Å². The molecule has 1 amide bonds. The SMILES string of the molecule is CC1CCNC1C(=O)N1CCCC(C(=O)O)C1. The van der Waals surface area contributed by atoms with E-state index in [1.165, 1.54) is 0 Å². The molecule has 2 fully saturated rings. The van der Waals surface area contributed by atoms with Gasteiger partial charge < -0.3 is 15.3 Å². The molecule has 0 spiro atoms. The molecular formula is C12H20N2O3. The Hall–Kier alpha value is -1.10. The molecule has 0 aliphatic carbocycles. The molecule has 2 rings (SSSR count). The predicted molar refractivity (Wildman–Crippen MR) is 62.5 cm³/mol. The molecule has 0 bridgehead atoms. The van der Waals surface area contributed by atoms with Gasteiger partial charge in [-0.1, -0.05) is 6.92 Å². The zero-order chi connectivity index (χ0) is 12.4. The number of carbonyl (C=O) groups excluding carboxylic acids is 1. The Morgan fingerprint density at radius 3 is 2.71 bits per heavy atom. The third-order valence-electron chi connectivity index (χ3n) is 3.88. The number of carbonyl (C=O) groups is 2. The summed E-state index contributed by atoms with van der Waals surface area (Å²) >= 11 is 0. The van der Waals surface area contributed by atoms with Gasteiger partial charge in [0, 0.05) is 13.1 Å². The lowest BCUT2D eigenvalue weighted by Gasteiger charge is -2.33. The van der Waals surface area contributed by atoms with Crippen molar-refractivity contribution in [3.05, 3.63) is 0 Å². The lowest BCUT2D eigenvalue weighted by atomic mass is 9.96. The molecule has 5 nitrogen and oxygen atoms in total. The van der Waals surface area contributed by atoms with E-state index in [1.54, 1.807) is 4.90 Å². The van der Waals surface area contributed by atoms with Gasteiger partial charge in [-0.15, -0.1) is 0 Å². The van der Waals surface area contributed by atoms with Crippen LogP contribution in [-0.2, 0) is 9.59 Å². The van der Waals surface area contributed by atoms with Crippen LogP contribution in [-0.4, -0.2) is 47.6 Å². The third kappa shape index (κ3) is 2.60. The van der Waals surface area contributed by atoms with Crippen molar-refractivity contribution in [3.63, 3.8) is 0 Å². The summed E-state index contributed by atoms with van der Waals surface area (Å²) < 4.78 is 0. The average Bonchev–Trinajstić information content (AvgIpc) is 2.74. The zero-order valence-corrected chi connectivity index (χ0v) is 10.2. The molecule has 0 radical (unpaired) electrons. The van der Waals surface area contributed by atoms with Crippen molar-refractivity contribution in [2.45, 2.75) is 32.2 Å². The second kappa shape index (κ2) is 5.04. The van der Waals surface area contributed by atoms with Crippen LogP contribution in [0.25, 0.3) is 0 Å². The van der Waals surface area contributed by atoms with Crippen molar-refractivity contribution in [3.8, 4) is 0 Å². The van der Waals surface area contributed by atoms with Crippen molar-refractivity contribution in [2.75, 3.05) is 19.6 Å². The lowest BCUT2D eigenvalue weighted by molar-refractivity contribution is -0.146. The van der Waals surface area contributed by atoms with Crippen LogP contribution in [0.4, 0.5) is 0 Å². The van der Waals surface area contributed by atoms with E-state index in [-0.39, 0.29) is 17.9 Å². The molecule has 2 aliphatic heterocycles. The van der Waals surface area contributed by atoms with E-state index in [0.717, 1.165) is 19.4 Å². The minimum Gasteiger partial charge on any atom is -0.481 e. The number of amides is 1. The van der Waals surface area contributed by atoms with E-state index in [1.807, 2.05) is 0 Å². The maximum Gasteiger partial charge on any atom is 0.308 e. The van der Waals surface area contributed by atoms with Gasteiger partial charge in [0.1, 0.15) is 0 Å². The lowest BCUT2D eigenvalue weighted by Crippen LogP contribution is -2.50. The van der Waals surface area contributed by atoms with Gasteiger partial charge >= 0.3 is 5.97 Å². The van der Waals surface area contributed by atoms with Gasteiger partial charge in [-0.05, 0) is 31.7 Å². The highest BCUT2D eigenvalue weighted by Crippen LogP contribution is 2.21. The van der Waals surface area contributed by atoms with Crippen LogP contribution in [0.15, 0.2) is 0 Å². The molecule has 17 heavy (non-hydrogen) atoms. The zero-order valence-electron chi connectivity index (χ0n) is 10.2. The van der Waals surface area contributed by atoms with Crippen molar-refractivity contribution in [1.82, 2.24) is 10.2 Å². The molecule has 0 saturated carbocycles. The van der Waals surface area contributed by atoms with E-state index in [2.05, 4.69) is 12.2 Å². The molecule has 2 saturated heterocycles. The highest BCUT2D eigenvalue weighted by atomic mass is 16.4. The fraction of sp³-hybridized carbons (Fsp3) is 0.833. The van der Waals surface area contributed by atoms with Crippen LogP contribution >= 0.6 is 0 Å². The Morgan fingerprint density at radius 2 is 2.12 bits per heavy atom. The number of carboxylic acids is 1. The number of aliphatic carboxylic acids is 1. The molecule has 2 aliphatic rings. The molecule has 96 valence electrons. The van der Waals surface area contributed by atoms with Crippen LogP contribution in [0.5, 0.6) is 0 Å². The largest absolute Gasteiger partial charge is 0.481 e. The number of rotatable bonds is 2. The summed E-state index contributed by atoms with van der Waals surface area (Å²) in [5.41, 5.74) is 0. The minimum atomic E-state index is -0.782. The first-order valence-corrected chi connectivity index (χ1v) is 6.34. The highest BCUT2D eigenvalue weighted by molar-refractivity contribution is 5.83. The fourth-order valence-electron chi connectivity index (χ4n) is 2.74. The molecule has 2 N–H and O–H groups in total. The quantitative estimate of drug-likeness (QED) is 0.728. The molecule has 0 aromatic heterocycles. The van der Waals surface area contributed by atoms with Crippen molar-refractivity contribution >= 4 is 11.9 Å².